The molecule has 7 nitrogen and oxygen atoms in total. The fourth-order valence-electron chi connectivity index (χ4n) is 3.61. The second-order valence-corrected chi connectivity index (χ2v) is 6.95. The quantitative estimate of drug-likeness (QED) is 0.737. The molecule has 0 radical (unpaired) electrons. The van der Waals surface area contributed by atoms with Crippen LogP contribution in [-0.2, 0) is 4.74 Å². The van der Waals surface area contributed by atoms with Crippen LogP contribution in [0.5, 0.6) is 5.75 Å². The Balaban J connectivity index is 1.61. The third-order valence-corrected chi connectivity index (χ3v) is 5.13. The minimum absolute atomic E-state index is 0.0348. The first-order valence-corrected chi connectivity index (χ1v) is 8.78. The first kappa shape index (κ1) is 18.4. The van der Waals surface area contributed by atoms with Crippen molar-refractivity contribution in [2.24, 2.45) is 0 Å². The number of nitrogens with zero attached hydrogens (tertiary/aromatic N) is 5. The largest absolute Gasteiger partial charge is 0.507 e. The third kappa shape index (κ3) is 3.33. The van der Waals surface area contributed by atoms with Gasteiger partial charge in [0.05, 0.1) is 18.3 Å². The van der Waals surface area contributed by atoms with Crippen molar-refractivity contribution in [3.63, 3.8) is 0 Å². The Bertz CT molecular complexity index is 999. The highest BCUT2D eigenvalue weighted by atomic mass is 19.3. The second-order valence-electron chi connectivity index (χ2n) is 6.95. The van der Waals surface area contributed by atoms with E-state index in [-0.39, 0.29) is 24.5 Å². The summed E-state index contributed by atoms with van der Waals surface area (Å²) in [5.74, 6) is -2.52. The van der Waals surface area contributed by atoms with Crippen LogP contribution >= 0.6 is 0 Å². The number of rotatable bonds is 4. The lowest BCUT2D eigenvalue weighted by Crippen LogP contribution is -2.39. The highest BCUT2D eigenvalue weighted by Gasteiger charge is 2.48. The molecule has 0 amide bonds. The highest BCUT2D eigenvalue weighted by Crippen LogP contribution is 2.39. The number of hydrogen-bond acceptors (Lipinski definition) is 7. The van der Waals surface area contributed by atoms with Gasteiger partial charge in [-0.1, -0.05) is 0 Å². The zero-order chi connectivity index (χ0) is 19.9. The molecule has 2 aromatic heterocycles. The summed E-state index contributed by atoms with van der Waals surface area (Å²) < 4.78 is 32.8. The number of aromatic nitrogens is 4. The molecule has 1 fully saturated rings. The molecule has 0 saturated heterocycles. The molecule has 146 valence electrons. The Hall–Kier alpha value is -2.94. The number of ether oxygens (including phenoxy) is 1. The molecule has 1 aliphatic rings. The number of halogens is 2. The molecule has 1 aliphatic carbocycles. The number of alkyl halides is 2. The first-order valence-electron chi connectivity index (χ1n) is 8.78. The van der Waals surface area contributed by atoms with Crippen LogP contribution in [0.4, 0.5) is 14.7 Å². The van der Waals surface area contributed by atoms with Crippen LogP contribution in [0.3, 0.4) is 0 Å². The topological polar surface area (TPSA) is 84.3 Å². The van der Waals surface area contributed by atoms with Crippen LogP contribution < -0.4 is 4.90 Å². The summed E-state index contributed by atoms with van der Waals surface area (Å²) in [6.07, 6.45) is 3.52. The number of fused-ring (bicyclic) bond motifs is 1. The number of phenols is 1. The lowest BCUT2D eigenvalue weighted by molar-refractivity contribution is -0.00992. The molecule has 9 heteroatoms. The van der Waals surface area contributed by atoms with Crippen molar-refractivity contribution in [1.29, 1.82) is 0 Å². The number of methoxy groups -OCH3 is 1. The second kappa shape index (κ2) is 6.90. The molecule has 2 atom stereocenters. The van der Waals surface area contributed by atoms with Gasteiger partial charge in [-0.2, -0.15) is 0 Å². The van der Waals surface area contributed by atoms with Crippen LogP contribution in [0.15, 0.2) is 36.8 Å². The van der Waals surface area contributed by atoms with E-state index in [1.165, 1.54) is 13.3 Å². The summed E-state index contributed by atoms with van der Waals surface area (Å²) in [6.45, 7) is 0. The molecule has 4 rings (SSSR count). The molecule has 3 aromatic rings. The number of benzene rings is 1. The summed E-state index contributed by atoms with van der Waals surface area (Å²) in [7, 11) is 3.07. The summed E-state index contributed by atoms with van der Waals surface area (Å²) in [4.78, 5) is 9.86. The summed E-state index contributed by atoms with van der Waals surface area (Å²) in [6, 6.07) is 4.66. The SMILES string of the molecule is CO[C@H]1CC(F)(F)C[C@@H]1N(C)c1ncc(-c2cc3ccncc3cc2O)nn1. The lowest BCUT2D eigenvalue weighted by atomic mass is 10.1. The van der Waals surface area contributed by atoms with Gasteiger partial charge in [-0.25, -0.2) is 13.8 Å². The molecule has 0 spiro atoms. The van der Waals surface area contributed by atoms with Gasteiger partial charge < -0.3 is 14.7 Å². The van der Waals surface area contributed by atoms with Crippen molar-refractivity contribution in [2.45, 2.75) is 30.9 Å². The Morgan fingerprint density at radius 1 is 1.18 bits per heavy atom. The van der Waals surface area contributed by atoms with E-state index < -0.39 is 18.1 Å². The zero-order valence-corrected chi connectivity index (χ0v) is 15.4. The fraction of sp³-hybridized carbons (Fsp3) is 0.368. The predicted molar refractivity (Wildman–Crippen MR) is 99.4 cm³/mol. The Morgan fingerprint density at radius 3 is 2.71 bits per heavy atom. The molecule has 28 heavy (non-hydrogen) atoms. The van der Waals surface area contributed by atoms with Crippen molar-refractivity contribution < 1.29 is 18.6 Å². The van der Waals surface area contributed by atoms with Crippen LogP contribution in [0, 0.1) is 0 Å². The molecule has 1 aromatic carbocycles. The van der Waals surface area contributed by atoms with Crippen LogP contribution in [0.25, 0.3) is 22.0 Å². The van der Waals surface area contributed by atoms with Gasteiger partial charge in [0.2, 0.25) is 5.95 Å². The van der Waals surface area contributed by atoms with E-state index in [2.05, 4.69) is 20.2 Å². The molecule has 2 heterocycles. The van der Waals surface area contributed by atoms with E-state index in [1.807, 2.05) is 6.07 Å². The van der Waals surface area contributed by atoms with E-state index >= 15 is 0 Å². The van der Waals surface area contributed by atoms with Crippen molar-refractivity contribution in [2.75, 3.05) is 19.1 Å². The van der Waals surface area contributed by atoms with Crippen molar-refractivity contribution >= 4 is 16.7 Å². The molecule has 1 N–H and O–H groups in total. The fourth-order valence-corrected chi connectivity index (χ4v) is 3.61. The normalized spacial score (nSPS) is 21.1. The number of likely N-dealkylation sites (N-methyl/N-ethyl adjacent to an activating group) is 1. The smallest absolute Gasteiger partial charge is 0.252 e. The Morgan fingerprint density at radius 2 is 2.00 bits per heavy atom. The Kier molecular flexibility index (Phi) is 4.54. The highest BCUT2D eigenvalue weighted by molar-refractivity contribution is 5.89. The number of pyridine rings is 1. The van der Waals surface area contributed by atoms with Crippen molar-refractivity contribution in [1.82, 2.24) is 20.2 Å². The number of anilines is 1. The van der Waals surface area contributed by atoms with Crippen molar-refractivity contribution in [3.8, 4) is 17.0 Å². The van der Waals surface area contributed by atoms with Crippen LogP contribution in [0.1, 0.15) is 12.8 Å². The monoisotopic (exact) mass is 387 g/mol. The van der Waals surface area contributed by atoms with Crippen LogP contribution in [-0.4, -0.2) is 57.5 Å². The van der Waals surface area contributed by atoms with E-state index in [1.54, 1.807) is 36.5 Å². The van der Waals surface area contributed by atoms with E-state index in [4.69, 9.17) is 4.74 Å². The van der Waals surface area contributed by atoms with Gasteiger partial charge in [0.1, 0.15) is 11.4 Å². The molecular formula is C19H19F2N5O2. The van der Waals surface area contributed by atoms with Gasteiger partial charge in [-0.3, -0.25) is 4.98 Å². The van der Waals surface area contributed by atoms with Gasteiger partial charge >= 0.3 is 0 Å². The van der Waals surface area contributed by atoms with E-state index in [0.29, 0.717) is 11.3 Å². The predicted octanol–water partition coefficient (Wildman–Crippen LogP) is 3.04. The van der Waals surface area contributed by atoms with Gasteiger partial charge in [0, 0.05) is 50.3 Å². The number of hydrogen-bond donors (Lipinski definition) is 1. The first-order chi connectivity index (χ1) is 13.4. The molecular weight excluding hydrogens is 368 g/mol. The summed E-state index contributed by atoms with van der Waals surface area (Å²) in [5, 5.41) is 20.2. The minimum Gasteiger partial charge on any atom is -0.507 e. The van der Waals surface area contributed by atoms with E-state index in [9.17, 15) is 13.9 Å². The van der Waals surface area contributed by atoms with Gasteiger partial charge in [0.15, 0.2) is 0 Å². The number of aromatic hydroxyl groups is 1. The standard InChI is InChI=1S/C19H19F2N5O2/c1-26(15-7-19(20,21)8-17(15)28-2)18-23-10-14(24-25-18)13-5-11-3-4-22-9-12(11)6-16(13)27/h3-6,9-10,15,17,27H,7-8H2,1-2H3/t15-,17-/m0/s1. The zero-order valence-electron chi connectivity index (χ0n) is 15.4. The minimum atomic E-state index is -2.78. The third-order valence-electron chi connectivity index (χ3n) is 5.13. The summed E-state index contributed by atoms with van der Waals surface area (Å²) in [5.41, 5.74) is 0.864. The lowest BCUT2D eigenvalue weighted by Gasteiger charge is -2.27. The summed E-state index contributed by atoms with van der Waals surface area (Å²) >= 11 is 0. The average Bonchev–Trinajstić information content (AvgIpc) is 3.02. The Labute approximate surface area is 160 Å². The van der Waals surface area contributed by atoms with Gasteiger partial charge in [0.25, 0.3) is 5.92 Å². The van der Waals surface area contributed by atoms with E-state index in [0.717, 1.165) is 10.8 Å². The molecule has 0 bridgehead atoms. The van der Waals surface area contributed by atoms with Crippen molar-refractivity contribution in [3.05, 3.63) is 36.8 Å². The molecule has 0 aliphatic heterocycles. The maximum atomic E-state index is 13.8. The molecule has 0 unspecified atom stereocenters. The van der Waals surface area contributed by atoms with Gasteiger partial charge in [-0.05, 0) is 23.6 Å². The van der Waals surface area contributed by atoms with Crippen LogP contribution in [0.2, 0.25) is 0 Å². The van der Waals surface area contributed by atoms with Gasteiger partial charge in [-0.15, -0.1) is 10.2 Å². The molecule has 1 saturated carbocycles. The average molecular weight is 387 g/mol. The number of phenolic OH excluding ortho intramolecular Hbond substituents is 1. The maximum absolute atomic E-state index is 13.8. The maximum Gasteiger partial charge on any atom is 0.252 e.